The molecule has 0 unspecified atom stereocenters. The van der Waals surface area contributed by atoms with E-state index in [2.05, 4.69) is 15.0 Å². The summed E-state index contributed by atoms with van der Waals surface area (Å²) < 4.78 is 16.0. The molecule has 2 heterocycles. The van der Waals surface area contributed by atoms with Gasteiger partial charge in [-0.25, -0.2) is 9.97 Å². The fourth-order valence-electron chi connectivity index (χ4n) is 2.81. The number of nitrogens with zero attached hydrogens (tertiary/aromatic N) is 3. The fraction of sp³-hybridized carbons (Fsp3) is 0.182. The lowest BCUT2D eigenvalue weighted by Crippen LogP contribution is -2.07. The summed E-state index contributed by atoms with van der Waals surface area (Å²) in [6, 6.07) is 13.2. The van der Waals surface area contributed by atoms with E-state index in [1.54, 1.807) is 20.4 Å². The number of carbonyl (C=O) groups excluding carboxylic acids is 1. The van der Waals surface area contributed by atoms with Crippen LogP contribution in [0.1, 0.15) is 5.69 Å². The number of thioether (sulfide) groups is 1. The van der Waals surface area contributed by atoms with Gasteiger partial charge in [-0.05, 0) is 30.3 Å². The maximum Gasteiger partial charge on any atom is 0.316 e. The Morgan fingerprint density at radius 1 is 1.03 bits per heavy atom. The predicted molar refractivity (Wildman–Crippen MR) is 121 cm³/mol. The molecular formula is C22H19N3O4S2. The van der Waals surface area contributed by atoms with Gasteiger partial charge in [-0.15, -0.1) is 11.3 Å². The Labute approximate surface area is 187 Å². The highest BCUT2D eigenvalue weighted by Gasteiger charge is 2.12. The number of methoxy groups -OCH3 is 2. The first kappa shape index (κ1) is 21.1. The van der Waals surface area contributed by atoms with Crippen molar-refractivity contribution in [1.29, 1.82) is 0 Å². The van der Waals surface area contributed by atoms with E-state index in [1.807, 2.05) is 47.8 Å². The lowest BCUT2D eigenvalue weighted by molar-refractivity contribution is -0.141. The summed E-state index contributed by atoms with van der Waals surface area (Å²) in [7, 11) is 3.19. The topological polar surface area (TPSA) is 83.4 Å². The van der Waals surface area contributed by atoms with Crippen LogP contribution in [0.15, 0.2) is 59.1 Å². The number of esters is 1. The van der Waals surface area contributed by atoms with Crippen LogP contribution in [0.4, 0.5) is 0 Å². The summed E-state index contributed by atoms with van der Waals surface area (Å²) in [5, 5.41) is 3.37. The van der Waals surface area contributed by atoms with Crippen LogP contribution in [0.25, 0.3) is 21.6 Å². The number of aromatic nitrogens is 3. The molecule has 2 aromatic carbocycles. The molecular weight excluding hydrogens is 434 g/mol. The van der Waals surface area contributed by atoms with Crippen LogP contribution in [-0.4, -0.2) is 40.9 Å². The number of benzene rings is 2. The van der Waals surface area contributed by atoms with Gasteiger partial charge in [0.2, 0.25) is 0 Å². The summed E-state index contributed by atoms with van der Waals surface area (Å²) in [5.74, 6) is 1.11. The van der Waals surface area contributed by atoms with Crippen LogP contribution in [0.5, 0.6) is 11.5 Å². The molecule has 4 aromatic rings. The van der Waals surface area contributed by atoms with Crippen molar-refractivity contribution in [3.8, 4) is 22.1 Å². The van der Waals surface area contributed by atoms with E-state index in [1.165, 1.54) is 23.1 Å². The van der Waals surface area contributed by atoms with Gasteiger partial charge in [-0.3, -0.25) is 9.78 Å². The van der Waals surface area contributed by atoms with Crippen molar-refractivity contribution >= 4 is 40.1 Å². The van der Waals surface area contributed by atoms with E-state index in [0.29, 0.717) is 22.2 Å². The zero-order valence-electron chi connectivity index (χ0n) is 16.9. The van der Waals surface area contributed by atoms with Gasteiger partial charge in [-0.1, -0.05) is 23.9 Å². The van der Waals surface area contributed by atoms with Gasteiger partial charge in [0, 0.05) is 10.9 Å². The second-order valence-electron chi connectivity index (χ2n) is 6.36. The van der Waals surface area contributed by atoms with Gasteiger partial charge in [0.1, 0.15) is 16.6 Å². The van der Waals surface area contributed by atoms with Crippen LogP contribution in [-0.2, 0) is 16.1 Å². The number of carbonyl (C=O) groups is 1. The molecule has 0 atom stereocenters. The standard InChI is InChI=1S/C22H19N3O4S2/c1-27-18-8-7-14(9-19(18)28-2)22-24-15(12-31-22)11-29-21(26)13-30-20-10-23-16-5-3-4-6-17(16)25-20/h3-10,12H,11,13H2,1-2H3. The van der Waals surface area contributed by atoms with Gasteiger partial charge >= 0.3 is 5.97 Å². The third-order valence-corrected chi connectivity index (χ3v) is 6.14. The molecule has 0 bridgehead atoms. The zero-order chi connectivity index (χ0) is 21.6. The second kappa shape index (κ2) is 9.76. The van der Waals surface area contributed by atoms with Crippen LogP contribution in [0, 0.1) is 0 Å². The van der Waals surface area contributed by atoms with Crippen molar-refractivity contribution in [2.75, 3.05) is 20.0 Å². The minimum Gasteiger partial charge on any atom is -0.493 e. The fourth-order valence-corrected chi connectivity index (χ4v) is 4.25. The van der Waals surface area contributed by atoms with E-state index in [4.69, 9.17) is 14.2 Å². The Morgan fingerprint density at radius 2 is 1.84 bits per heavy atom. The normalized spacial score (nSPS) is 10.8. The van der Waals surface area contributed by atoms with E-state index >= 15 is 0 Å². The zero-order valence-corrected chi connectivity index (χ0v) is 18.5. The summed E-state index contributed by atoms with van der Waals surface area (Å²) in [6.07, 6.45) is 1.66. The molecule has 0 saturated heterocycles. The molecule has 0 amide bonds. The smallest absolute Gasteiger partial charge is 0.316 e. The molecule has 0 saturated carbocycles. The van der Waals surface area contributed by atoms with Crippen molar-refractivity contribution in [3.05, 3.63) is 59.7 Å². The van der Waals surface area contributed by atoms with Crippen molar-refractivity contribution in [2.24, 2.45) is 0 Å². The van der Waals surface area contributed by atoms with Gasteiger partial charge in [0.25, 0.3) is 0 Å². The lowest BCUT2D eigenvalue weighted by atomic mass is 10.2. The molecule has 0 aliphatic heterocycles. The quantitative estimate of drug-likeness (QED) is 0.283. The van der Waals surface area contributed by atoms with Crippen molar-refractivity contribution in [2.45, 2.75) is 11.6 Å². The Morgan fingerprint density at radius 3 is 2.65 bits per heavy atom. The Bertz CT molecular complexity index is 1210. The van der Waals surface area contributed by atoms with Crippen LogP contribution >= 0.6 is 23.1 Å². The van der Waals surface area contributed by atoms with Crippen molar-refractivity contribution in [3.63, 3.8) is 0 Å². The third kappa shape index (κ3) is 5.12. The summed E-state index contributed by atoms with van der Waals surface area (Å²) >= 11 is 2.77. The first-order valence-corrected chi connectivity index (χ1v) is 11.2. The molecule has 2 aromatic heterocycles. The number of para-hydroxylation sites is 2. The van der Waals surface area contributed by atoms with E-state index in [-0.39, 0.29) is 18.3 Å². The highest BCUT2D eigenvalue weighted by molar-refractivity contribution is 7.99. The van der Waals surface area contributed by atoms with Crippen molar-refractivity contribution < 1.29 is 19.0 Å². The molecule has 0 N–H and O–H groups in total. The van der Waals surface area contributed by atoms with Crippen LogP contribution in [0.3, 0.4) is 0 Å². The lowest BCUT2D eigenvalue weighted by Gasteiger charge is -2.08. The first-order valence-electron chi connectivity index (χ1n) is 9.33. The molecule has 0 spiro atoms. The highest BCUT2D eigenvalue weighted by atomic mass is 32.2. The average Bonchev–Trinajstić information content (AvgIpc) is 3.30. The van der Waals surface area contributed by atoms with Crippen LogP contribution in [0.2, 0.25) is 0 Å². The summed E-state index contributed by atoms with van der Waals surface area (Å²) in [5.41, 5.74) is 3.22. The minimum absolute atomic E-state index is 0.118. The van der Waals surface area contributed by atoms with E-state index in [9.17, 15) is 4.79 Å². The number of rotatable bonds is 8. The molecule has 0 aliphatic rings. The Balaban J connectivity index is 1.32. The second-order valence-corrected chi connectivity index (χ2v) is 8.21. The third-order valence-electron chi connectivity index (χ3n) is 4.33. The molecule has 7 nitrogen and oxygen atoms in total. The summed E-state index contributed by atoms with van der Waals surface area (Å²) in [4.78, 5) is 25.5. The largest absolute Gasteiger partial charge is 0.493 e. The van der Waals surface area contributed by atoms with Gasteiger partial charge < -0.3 is 14.2 Å². The number of thiazole rings is 1. The summed E-state index contributed by atoms with van der Waals surface area (Å²) in [6.45, 7) is 0.118. The number of fused-ring (bicyclic) bond motifs is 1. The first-order chi connectivity index (χ1) is 15.2. The van der Waals surface area contributed by atoms with Gasteiger partial charge in [0.05, 0.1) is 42.9 Å². The monoisotopic (exact) mass is 453 g/mol. The molecule has 0 radical (unpaired) electrons. The molecule has 31 heavy (non-hydrogen) atoms. The number of hydrogen-bond donors (Lipinski definition) is 0. The SMILES string of the molecule is COc1ccc(-c2nc(COC(=O)CSc3cnc4ccccc4n3)cs2)cc1OC. The molecule has 0 fully saturated rings. The highest BCUT2D eigenvalue weighted by Crippen LogP contribution is 2.33. The van der Waals surface area contributed by atoms with Gasteiger partial charge in [0.15, 0.2) is 11.5 Å². The number of ether oxygens (including phenoxy) is 3. The Hall–Kier alpha value is -3.17. The number of hydrogen-bond acceptors (Lipinski definition) is 9. The molecule has 4 rings (SSSR count). The minimum atomic E-state index is -0.333. The maximum atomic E-state index is 12.1. The van der Waals surface area contributed by atoms with E-state index < -0.39 is 0 Å². The van der Waals surface area contributed by atoms with E-state index in [0.717, 1.165) is 21.6 Å². The molecule has 158 valence electrons. The predicted octanol–water partition coefficient (Wildman–Crippen LogP) is 4.61. The van der Waals surface area contributed by atoms with Crippen molar-refractivity contribution in [1.82, 2.24) is 15.0 Å². The molecule has 0 aliphatic carbocycles. The van der Waals surface area contributed by atoms with Crippen LogP contribution < -0.4 is 9.47 Å². The van der Waals surface area contributed by atoms with Gasteiger partial charge in [-0.2, -0.15) is 0 Å². The molecule has 9 heteroatoms. The maximum absolute atomic E-state index is 12.1. The Kier molecular flexibility index (Phi) is 6.63. The average molecular weight is 454 g/mol.